The summed E-state index contributed by atoms with van der Waals surface area (Å²) in [7, 11) is -3.32. The summed E-state index contributed by atoms with van der Waals surface area (Å²) < 4.78 is 25.8. The predicted octanol–water partition coefficient (Wildman–Crippen LogP) is 4.53. The van der Waals surface area contributed by atoms with Crippen molar-refractivity contribution in [3.63, 3.8) is 0 Å². The molecule has 1 fully saturated rings. The zero-order valence-electron chi connectivity index (χ0n) is 14.4. The summed E-state index contributed by atoms with van der Waals surface area (Å²) in [6.45, 7) is 0. The second-order valence-electron chi connectivity index (χ2n) is 6.41. The highest BCUT2D eigenvalue weighted by atomic mass is 79.9. The van der Waals surface area contributed by atoms with Gasteiger partial charge in [-0.15, -0.1) is 0 Å². The fourth-order valence-electron chi connectivity index (χ4n) is 2.65. The molecule has 0 aliphatic heterocycles. The van der Waals surface area contributed by atoms with Crippen LogP contribution in [-0.4, -0.2) is 35.9 Å². The highest BCUT2D eigenvalue weighted by molar-refractivity contribution is 9.10. The summed E-state index contributed by atoms with van der Waals surface area (Å²) >= 11 is 4.69. The monoisotopic (exact) mass is 463 g/mol. The normalized spacial score (nSPS) is 14.4. The van der Waals surface area contributed by atoms with E-state index in [4.69, 9.17) is 0 Å². The molecule has 4 rings (SSSR count). The Kier molecular flexibility index (Phi) is 5.39. The van der Waals surface area contributed by atoms with Crippen LogP contribution in [0.5, 0.6) is 0 Å². The van der Waals surface area contributed by atoms with Crippen LogP contribution in [0.3, 0.4) is 0 Å². The second-order valence-corrected chi connectivity index (χ2v) is 10.5. The summed E-state index contributed by atoms with van der Waals surface area (Å²) in [6.07, 6.45) is 2.32. The number of halogens is 1. The van der Waals surface area contributed by atoms with Gasteiger partial charge in [0.05, 0.1) is 16.2 Å². The molecule has 8 heteroatoms. The predicted molar refractivity (Wildman–Crippen MR) is 113 cm³/mol. The number of sulfone groups is 1. The van der Waals surface area contributed by atoms with Crippen molar-refractivity contribution >= 4 is 54.2 Å². The molecule has 1 aliphatic carbocycles. The number of rotatable bonds is 7. The Hall–Kier alpha value is -1.64. The number of nitrogens with zero attached hydrogens (tertiary/aromatic N) is 2. The standard InChI is InChI=1S/C19H18BrN3O2S2/c20-13-5-9-15(10-6-13)27(24,25)12-11-26-19-22-17-4-2-1-3-16(17)18(23-19)21-14-7-8-14/h1-6,9-10,14H,7-8,11-12H2,(H,21,22,23). The van der Waals surface area contributed by atoms with E-state index in [0.717, 1.165) is 34.0 Å². The molecule has 140 valence electrons. The zero-order chi connectivity index (χ0) is 18.9. The lowest BCUT2D eigenvalue weighted by Crippen LogP contribution is -2.09. The average molecular weight is 464 g/mol. The van der Waals surface area contributed by atoms with Gasteiger partial charge < -0.3 is 5.32 Å². The summed E-state index contributed by atoms with van der Waals surface area (Å²) in [5.41, 5.74) is 0.869. The number of aromatic nitrogens is 2. The number of nitrogens with one attached hydrogen (secondary N) is 1. The zero-order valence-corrected chi connectivity index (χ0v) is 17.6. The minimum Gasteiger partial charge on any atom is -0.367 e. The molecule has 3 aromatic rings. The van der Waals surface area contributed by atoms with Crippen molar-refractivity contribution < 1.29 is 8.42 Å². The number of thioether (sulfide) groups is 1. The Morgan fingerprint density at radius 3 is 2.56 bits per heavy atom. The molecule has 1 N–H and O–H groups in total. The van der Waals surface area contributed by atoms with Gasteiger partial charge in [0.15, 0.2) is 15.0 Å². The van der Waals surface area contributed by atoms with Crippen LogP contribution in [0, 0.1) is 0 Å². The number of anilines is 1. The van der Waals surface area contributed by atoms with Crippen molar-refractivity contribution in [1.82, 2.24) is 9.97 Å². The molecule has 0 amide bonds. The third-order valence-electron chi connectivity index (χ3n) is 4.26. The maximum Gasteiger partial charge on any atom is 0.190 e. The van der Waals surface area contributed by atoms with Crippen molar-refractivity contribution in [2.45, 2.75) is 28.9 Å². The van der Waals surface area contributed by atoms with Gasteiger partial charge in [0.1, 0.15) is 5.82 Å². The molecule has 2 aromatic carbocycles. The van der Waals surface area contributed by atoms with Gasteiger partial charge in [-0.2, -0.15) is 0 Å². The van der Waals surface area contributed by atoms with Gasteiger partial charge in [-0.1, -0.05) is 39.8 Å². The Labute approximate surface area is 171 Å². The molecule has 27 heavy (non-hydrogen) atoms. The summed E-state index contributed by atoms with van der Waals surface area (Å²) in [5.74, 6) is 1.28. The van der Waals surface area contributed by atoms with Crippen molar-refractivity contribution in [3.05, 3.63) is 53.0 Å². The first-order valence-electron chi connectivity index (χ1n) is 8.66. The first-order chi connectivity index (χ1) is 13.0. The molecule has 0 unspecified atom stereocenters. The first kappa shape index (κ1) is 18.7. The average Bonchev–Trinajstić information content (AvgIpc) is 3.46. The van der Waals surface area contributed by atoms with Crippen LogP contribution >= 0.6 is 27.7 Å². The molecule has 0 radical (unpaired) electrons. The first-order valence-corrected chi connectivity index (χ1v) is 12.1. The Balaban J connectivity index is 1.49. The smallest absolute Gasteiger partial charge is 0.190 e. The van der Waals surface area contributed by atoms with E-state index in [0.29, 0.717) is 21.8 Å². The van der Waals surface area contributed by atoms with E-state index in [9.17, 15) is 8.42 Å². The lowest BCUT2D eigenvalue weighted by Gasteiger charge is -2.10. The molecule has 1 saturated carbocycles. The molecule has 5 nitrogen and oxygen atoms in total. The second kappa shape index (κ2) is 7.77. The Morgan fingerprint density at radius 1 is 1.07 bits per heavy atom. The topological polar surface area (TPSA) is 72.0 Å². The van der Waals surface area contributed by atoms with Gasteiger partial charge in [0.2, 0.25) is 0 Å². The highest BCUT2D eigenvalue weighted by Crippen LogP contribution is 2.30. The maximum absolute atomic E-state index is 12.5. The minimum absolute atomic E-state index is 0.0425. The van der Waals surface area contributed by atoms with Crippen LogP contribution in [0.1, 0.15) is 12.8 Å². The lowest BCUT2D eigenvalue weighted by atomic mass is 10.2. The van der Waals surface area contributed by atoms with E-state index in [1.54, 1.807) is 24.3 Å². The van der Waals surface area contributed by atoms with Gasteiger partial charge in [0.25, 0.3) is 0 Å². The van der Waals surface area contributed by atoms with E-state index in [2.05, 4.69) is 31.2 Å². The SMILES string of the molecule is O=S(=O)(CCSc1nc(NC2CC2)c2ccccc2n1)c1ccc(Br)cc1. The van der Waals surface area contributed by atoms with Gasteiger partial charge in [0, 0.05) is 21.7 Å². The van der Waals surface area contributed by atoms with Crippen LogP contribution in [0.25, 0.3) is 10.9 Å². The van der Waals surface area contributed by atoms with Crippen LogP contribution in [0.2, 0.25) is 0 Å². The van der Waals surface area contributed by atoms with Crippen molar-refractivity contribution in [2.24, 2.45) is 0 Å². The fourth-order valence-corrected chi connectivity index (χ4v) is 5.42. The van der Waals surface area contributed by atoms with Crippen molar-refractivity contribution in [1.29, 1.82) is 0 Å². The van der Waals surface area contributed by atoms with Gasteiger partial charge in [-0.05, 0) is 49.2 Å². The van der Waals surface area contributed by atoms with Crippen LogP contribution in [-0.2, 0) is 9.84 Å². The van der Waals surface area contributed by atoms with Crippen LogP contribution in [0.15, 0.2) is 63.1 Å². The van der Waals surface area contributed by atoms with E-state index in [-0.39, 0.29) is 5.75 Å². The van der Waals surface area contributed by atoms with Crippen LogP contribution in [0.4, 0.5) is 5.82 Å². The van der Waals surface area contributed by atoms with Gasteiger partial charge in [-0.3, -0.25) is 0 Å². The highest BCUT2D eigenvalue weighted by Gasteiger charge is 2.23. The third kappa shape index (κ3) is 4.62. The summed E-state index contributed by atoms with van der Waals surface area (Å²) in [6, 6.07) is 15.1. The number of hydrogen-bond acceptors (Lipinski definition) is 6. The molecule has 0 bridgehead atoms. The molecular weight excluding hydrogens is 446 g/mol. The van der Waals surface area contributed by atoms with Crippen molar-refractivity contribution in [2.75, 3.05) is 16.8 Å². The molecular formula is C19H18BrN3O2S2. The van der Waals surface area contributed by atoms with E-state index < -0.39 is 9.84 Å². The third-order valence-corrected chi connectivity index (χ3v) is 7.62. The van der Waals surface area contributed by atoms with E-state index in [1.165, 1.54) is 11.8 Å². The lowest BCUT2D eigenvalue weighted by molar-refractivity contribution is 0.597. The number of hydrogen-bond donors (Lipinski definition) is 1. The molecule has 1 heterocycles. The largest absolute Gasteiger partial charge is 0.367 e. The van der Waals surface area contributed by atoms with Crippen LogP contribution < -0.4 is 5.32 Å². The van der Waals surface area contributed by atoms with Crippen molar-refractivity contribution in [3.8, 4) is 0 Å². The molecule has 0 spiro atoms. The summed E-state index contributed by atoms with van der Waals surface area (Å²) in [4.78, 5) is 9.54. The fraction of sp³-hybridized carbons (Fsp3) is 0.263. The minimum atomic E-state index is -3.32. The van der Waals surface area contributed by atoms with Gasteiger partial charge >= 0.3 is 0 Å². The molecule has 1 aliphatic rings. The van der Waals surface area contributed by atoms with E-state index in [1.807, 2.05) is 24.3 Å². The number of benzene rings is 2. The number of para-hydroxylation sites is 1. The molecule has 0 saturated heterocycles. The quantitative estimate of drug-likeness (QED) is 0.409. The molecule has 0 atom stereocenters. The number of fused-ring (bicyclic) bond motifs is 1. The molecule has 1 aromatic heterocycles. The maximum atomic E-state index is 12.5. The Bertz CT molecular complexity index is 1070. The van der Waals surface area contributed by atoms with Gasteiger partial charge in [-0.25, -0.2) is 18.4 Å². The summed E-state index contributed by atoms with van der Waals surface area (Å²) in [5, 5.41) is 5.05. The van der Waals surface area contributed by atoms with E-state index >= 15 is 0 Å². The Morgan fingerprint density at radius 2 is 1.81 bits per heavy atom.